The summed E-state index contributed by atoms with van der Waals surface area (Å²) in [6.07, 6.45) is 5.03. The van der Waals surface area contributed by atoms with Crippen LogP contribution in [0.4, 0.5) is 5.69 Å². The van der Waals surface area contributed by atoms with Crippen LogP contribution >= 0.6 is 23.2 Å². The van der Waals surface area contributed by atoms with Crippen molar-refractivity contribution in [3.8, 4) is 16.9 Å². The van der Waals surface area contributed by atoms with E-state index in [9.17, 15) is 4.79 Å². The number of amides is 1. The van der Waals surface area contributed by atoms with Gasteiger partial charge in [-0.3, -0.25) is 19.7 Å². The van der Waals surface area contributed by atoms with Gasteiger partial charge < -0.3 is 15.0 Å². The average Bonchev–Trinajstić information content (AvgIpc) is 2.96. The van der Waals surface area contributed by atoms with Crippen LogP contribution in [0.2, 0.25) is 10.0 Å². The highest BCUT2D eigenvalue weighted by Crippen LogP contribution is 2.44. The molecule has 1 saturated heterocycles. The molecule has 1 aliphatic rings. The fraction of sp³-hybridized carbons (Fsp3) is 0.310. The van der Waals surface area contributed by atoms with Crippen molar-refractivity contribution >= 4 is 45.8 Å². The Morgan fingerprint density at radius 3 is 2.51 bits per heavy atom. The first kappa shape index (κ1) is 27.3. The predicted octanol–water partition coefficient (Wildman–Crippen LogP) is 5.71. The number of rotatable bonds is 7. The van der Waals surface area contributed by atoms with Crippen LogP contribution in [0.15, 0.2) is 48.9 Å². The molecular weight excluding hydrogens is 535 g/mol. The molecule has 202 valence electrons. The fourth-order valence-electron chi connectivity index (χ4n) is 4.85. The van der Waals surface area contributed by atoms with Crippen molar-refractivity contribution in [2.75, 3.05) is 45.2 Å². The first-order chi connectivity index (χ1) is 18.9. The Kier molecular flexibility index (Phi) is 8.28. The zero-order valence-electron chi connectivity index (χ0n) is 22.2. The number of pyridine rings is 1. The number of likely N-dealkylation sites (N-methyl/N-ethyl adjacent to an activating group) is 1. The number of nitrogens with one attached hydrogen (secondary N) is 1. The van der Waals surface area contributed by atoms with Crippen LogP contribution in [0.1, 0.15) is 28.5 Å². The number of aryl methyl sites for hydroxylation is 1. The molecule has 0 saturated carbocycles. The molecular formula is C29H30Cl2N6O2. The number of piperazine rings is 1. The molecule has 0 unspecified atom stereocenters. The molecule has 1 N–H and O–H groups in total. The number of aromatic nitrogens is 3. The van der Waals surface area contributed by atoms with Crippen LogP contribution in [0, 0.1) is 6.92 Å². The van der Waals surface area contributed by atoms with Gasteiger partial charge in [0, 0.05) is 50.0 Å². The summed E-state index contributed by atoms with van der Waals surface area (Å²) in [7, 11) is 1.56. The Hall–Kier alpha value is -3.30. The van der Waals surface area contributed by atoms with Crippen LogP contribution in [0.3, 0.4) is 0 Å². The molecule has 8 nitrogen and oxygen atoms in total. The molecule has 0 bridgehead atoms. The second-order valence-corrected chi connectivity index (χ2v) is 10.3. The van der Waals surface area contributed by atoms with Gasteiger partial charge in [0.05, 0.1) is 52.0 Å². The van der Waals surface area contributed by atoms with Crippen LogP contribution < -0.4 is 10.1 Å². The van der Waals surface area contributed by atoms with Crippen LogP contribution in [0.5, 0.6) is 5.75 Å². The Morgan fingerprint density at radius 1 is 1.05 bits per heavy atom. The van der Waals surface area contributed by atoms with Gasteiger partial charge in [0.2, 0.25) is 0 Å². The maximum atomic E-state index is 13.4. The van der Waals surface area contributed by atoms with Crippen LogP contribution in [-0.2, 0) is 6.54 Å². The summed E-state index contributed by atoms with van der Waals surface area (Å²) in [5.41, 5.74) is 4.87. The fourth-order valence-corrected chi connectivity index (χ4v) is 5.48. The van der Waals surface area contributed by atoms with Gasteiger partial charge in [-0.15, -0.1) is 0 Å². The minimum Gasteiger partial charge on any atom is -0.495 e. The summed E-state index contributed by atoms with van der Waals surface area (Å²) in [6, 6.07) is 8.90. The van der Waals surface area contributed by atoms with Gasteiger partial charge >= 0.3 is 0 Å². The number of hydrogen-bond donors (Lipinski definition) is 1. The molecule has 2 aromatic carbocycles. The third-order valence-corrected chi connectivity index (χ3v) is 7.91. The van der Waals surface area contributed by atoms with Crippen molar-refractivity contribution in [1.82, 2.24) is 24.8 Å². The Morgan fingerprint density at radius 2 is 1.82 bits per heavy atom. The Labute approximate surface area is 237 Å². The Balaban J connectivity index is 1.61. The summed E-state index contributed by atoms with van der Waals surface area (Å²) in [6.45, 7) is 9.73. The van der Waals surface area contributed by atoms with Gasteiger partial charge in [-0.1, -0.05) is 36.2 Å². The van der Waals surface area contributed by atoms with Crippen molar-refractivity contribution in [2.24, 2.45) is 0 Å². The molecule has 1 aliphatic heterocycles. The average molecular weight is 566 g/mol. The number of ether oxygens (including phenoxy) is 1. The van der Waals surface area contributed by atoms with Crippen molar-refractivity contribution in [3.05, 3.63) is 75.8 Å². The number of carbonyl (C=O) groups is 1. The zero-order valence-corrected chi connectivity index (χ0v) is 23.7. The lowest BCUT2D eigenvalue weighted by Gasteiger charge is -2.33. The molecule has 39 heavy (non-hydrogen) atoms. The zero-order chi connectivity index (χ0) is 27.5. The molecule has 2 aromatic heterocycles. The number of anilines is 1. The second-order valence-electron chi connectivity index (χ2n) is 9.52. The number of carbonyl (C=O) groups excluding carboxylic acids is 1. The van der Waals surface area contributed by atoms with E-state index in [1.54, 1.807) is 50.0 Å². The second kappa shape index (κ2) is 11.8. The third-order valence-electron chi connectivity index (χ3n) is 7.05. The van der Waals surface area contributed by atoms with Gasteiger partial charge in [-0.2, -0.15) is 0 Å². The summed E-state index contributed by atoms with van der Waals surface area (Å²) < 4.78 is 5.50. The SMILES string of the molecule is CCN1CCN(Cc2cnc3c(-c4c(Cl)c(C)cc(OC)c4Cl)ccc(C(=O)Nc4cccnc4)c3n2)CC1. The molecule has 3 heterocycles. The highest BCUT2D eigenvalue weighted by Gasteiger charge is 2.23. The minimum atomic E-state index is -0.304. The first-order valence-electron chi connectivity index (χ1n) is 12.9. The van der Waals surface area contributed by atoms with Gasteiger partial charge in [-0.05, 0) is 43.3 Å². The van der Waals surface area contributed by atoms with E-state index in [1.165, 1.54) is 0 Å². The smallest absolute Gasteiger partial charge is 0.257 e. The van der Waals surface area contributed by atoms with Crippen molar-refractivity contribution < 1.29 is 9.53 Å². The van der Waals surface area contributed by atoms with Crippen molar-refractivity contribution in [3.63, 3.8) is 0 Å². The quantitative estimate of drug-likeness (QED) is 0.308. The number of halogens is 2. The summed E-state index contributed by atoms with van der Waals surface area (Å²) in [5, 5.41) is 3.79. The van der Waals surface area contributed by atoms with E-state index >= 15 is 0 Å². The van der Waals surface area contributed by atoms with E-state index in [0.29, 0.717) is 55.8 Å². The van der Waals surface area contributed by atoms with E-state index < -0.39 is 0 Å². The summed E-state index contributed by atoms with van der Waals surface area (Å²) in [5.74, 6) is 0.206. The summed E-state index contributed by atoms with van der Waals surface area (Å²) in [4.78, 5) is 32.1. The monoisotopic (exact) mass is 564 g/mol. The number of hydrogen-bond acceptors (Lipinski definition) is 7. The van der Waals surface area contributed by atoms with E-state index in [-0.39, 0.29) is 5.91 Å². The topological polar surface area (TPSA) is 83.5 Å². The number of methoxy groups -OCH3 is 1. The minimum absolute atomic E-state index is 0.304. The van der Waals surface area contributed by atoms with E-state index in [2.05, 4.69) is 27.0 Å². The molecule has 10 heteroatoms. The molecule has 0 atom stereocenters. The third kappa shape index (κ3) is 5.70. The normalized spacial score (nSPS) is 14.5. The lowest BCUT2D eigenvalue weighted by atomic mass is 9.98. The van der Waals surface area contributed by atoms with Crippen molar-refractivity contribution in [1.29, 1.82) is 0 Å². The number of nitrogens with zero attached hydrogens (tertiary/aromatic N) is 5. The molecule has 1 amide bonds. The van der Waals surface area contributed by atoms with Gasteiger partial charge in [0.1, 0.15) is 11.3 Å². The van der Waals surface area contributed by atoms with Gasteiger partial charge in [0.25, 0.3) is 5.91 Å². The maximum Gasteiger partial charge on any atom is 0.257 e. The lowest BCUT2D eigenvalue weighted by molar-refractivity contribution is 0.102. The molecule has 4 aromatic rings. The van der Waals surface area contributed by atoms with Crippen molar-refractivity contribution in [2.45, 2.75) is 20.4 Å². The van der Waals surface area contributed by atoms with Crippen LogP contribution in [-0.4, -0.2) is 70.5 Å². The first-order valence-corrected chi connectivity index (χ1v) is 13.6. The van der Waals surface area contributed by atoms with Gasteiger partial charge in [-0.25, -0.2) is 4.98 Å². The molecule has 0 spiro atoms. The lowest BCUT2D eigenvalue weighted by Crippen LogP contribution is -2.45. The number of benzene rings is 2. The van der Waals surface area contributed by atoms with E-state index in [4.69, 9.17) is 37.9 Å². The van der Waals surface area contributed by atoms with Gasteiger partial charge in [0.15, 0.2) is 0 Å². The molecule has 0 aliphatic carbocycles. The number of fused-ring (bicyclic) bond motifs is 1. The molecule has 5 rings (SSSR count). The molecule has 1 fully saturated rings. The Bertz CT molecular complexity index is 1510. The van der Waals surface area contributed by atoms with E-state index in [1.807, 2.05) is 13.0 Å². The maximum absolute atomic E-state index is 13.4. The largest absolute Gasteiger partial charge is 0.495 e. The summed E-state index contributed by atoms with van der Waals surface area (Å²) >= 11 is 13.5. The predicted molar refractivity (Wildman–Crippen MR) is 156 cm³/mol. The highest BCUT2D eigenvalue weighted by atomic mass is 35.5. The van der Waals surface area contributed by atoms with E-state index in [0.717, 1.165) is 44.0 Å². The highest BCUT2D eigenvalue weighted by molar-refractivity contribution is 6.41. The molecule has 0 radical (unpaired) electrons. The van der Waals surface area contributed by atoms with Crippen LogP contribution in [0.25, 0.3) is 22.2 Å². The standard InChI is InChI=1S/C29H30Cl2N6O2/c1-4-36-10-12-37(13-11-36)17-20-16-33-27-21(24-25(30)18(2)14-23(39-3)26(24)31)7-8-22(28(27)34-20)29(38)35-19-6-5-9-32-15-19/h5-9,14-16H,4,10-13,17H2,1-3H3,(H,35,38).